The molecule has 22 heavy (non-hydrogen) atoms. The summed E-state index contributed by atoms with van der Waals surface area (Å²) in [7, 11) is 0. The van der Waals surface area contributed by atoms with Crippen LogP contribution in [0.3, 0.4) is 0 Å². The second kappa shape index (κ2) is 4.84. The van der Waals surface area contributed by atoms with Crippen LogP contribution in [-0.4, -0.2) is 22.2 Å². The van der Waals surface area contributed by atoms with Crippen LogP contribution in [0, 0.1) is 13.8 Å². The molecule has 0 amide bonds. The van der Waals surface area contributed by atoms with Crippen LogP contribution in [0.1, 0.15) is 31.8 Å². The predicted octanol–water partition coefficient (Wildman–Crippen LogP) is 4.01. The molecule has 2 N–H and O–H groups in total. The molecule has 0 aliphatic carbocycles. The van der Waals surface area contributed by atoms with Crippen molar-refractivity contribution >= 4 is 33.5 Å². The fourth-order valence-corrected chi connectivity index (χ4v) is 2.88. The Morgan fingerprint density at radius 2 is 1.55 bits per heavy atom. The molecular formula is C18H14O4. The first-order valence-corrected chi connectivity index (χ1v) is 6.83. The highest BCUT2D eigenvalue weighted by atomic mass is 16.4. The van der Waals surface area contributed by atoms with Gasteiger partial charge in [-0.1, -0.05) is 18.2 Å². The minimum Gasteiger partial charge on any atom is -0.478 e. The molecule has 3 aromatic carbocycles. The second-order valence-corrected chi connectivity index (χ2v) is 5.40. The molecule has 110 valence electrons. The van der Waals surface area contributed by atoms with Crippen LogP contribution in [0.5, 0.6) is 0 Å². The molecule has 0 aromatic heterocycles. The summed E-state index contributed by atoms with van der Waals surface area (Å²) in [6.07, 6.45) is 0. The average Bonchev–Trinajstić information content (AvgIpc) is 2.45. The first kappa shape index (κ1) is 14.1. The Balaban J connectivity index is 2.52. The smallest absolute Gasteiger partial charge is 0.336 e. The number of fused-ring (bicyclic) bond motifs is 2. The van der Waals surface area contributed by atoms with E-state index < -0.39 is 11.9 Å². The Bertz CT molecular complexity index is 954. The zero-order valence-electron chi connectivity index (χ0n) is 12.2. The van der Waals surface area contributed by atoms with Gasteiger partial charge in [-0.2, -0.15) is 0 Å². The Kier molecular flexibility index (Phi) is 3.10. The molecule has 0 spiro atoms. The van der Waals surface area contributed by atoms with Gasteiger partial charge in [-0.05, 0) is 64.7 Å². The number of benzene rings is 3. The number of carboxylic acids is 2. The molecule has 3 aromatic rings. The van der Waals surface area contributed by atoms with Crippen molar-refractivity contribution in [1.82, 2.24) is 0 Å². The van der Waals surface area contributed by atoms with Gasteiger partial charge in [-0.25, -0.2) is 9.59 Å². The van der Waals surface area contributed by atoms with E-state index in [-0.39, 0.29) is 11.1 Å². The molecule has 0 aliphatic heterocycles. The summed E-state index contributed by atoms with van der Waals surface area (Å²) in [4.78, 5) is 23.0. The van der Waals surface area contributed by atoms with Crippen molar-refractivity contribution in [1.29, 1.82) is 0 Å². The fraction of sp³-hybridized carbons (Fsp3) is 0.111. The molecule has 0 bridgehead atoms. The lowest BCUT2D eigenvalue weighted by molar-refractivity contribution is 0.0687. The summed E-state index contributed by atoms with van der Waals surface area (Å²) in [5.41, 5.74) is 2.10. The molecule has 0 aliphatic rings. The standard InChI is InChI=1S/C18H14O4/c1-9-6-12-8-14-11(4-3-5-13(14)17(19)20)7-15(12)16(10(9)2)18(21)22/h3-8H,1-2H3,(H,19,20)(H,21,22). The number of hydrogen-bond donors (Lipinski definition) is 2. The molecule has 4 nitrogen and oxygen atoms in total. The third-order valence-corrected chi connectivity index (χ3v) is 4.10. The Morgan fingerprint density at radius 3 is 2.18 bits per heavy atom. The normalized spacial score (nSPS) is 11.0. The SMILES string of the molecule is Cc1cc2cc3c(C(=O)O)cccc3cc2c(C(=O)O)c1C. The number of carboxylic acid groups (broad SMARTS) is 2. The van der Waals surface area contributed by atoms with Crippen LogP contribution in [0.15, 0.2) is 36.4 Å². The van der Waals surface area contributed by atoms with E-state index in [1.54, 1.807) is 37.3 Å². The zero-order valence-corrected chi connectivity index (χ0v) is 12.2. The van der Waals surface area contributed by atoms with Crippen molar-refractivity contribution in [2.24, 2.45) is 0 Å². The van der Waals surface area contributed by atoms with Crippen LogP contribution in [0.2, 0.25) is 0 Å². The number of carbonyl (C=O) groups is 2. The minimum atomic E-state index is -0.993. The van der Waals surface area contributed by atoms with E-state index in [0.29, 0.717) is 10.8 Å². The lowest BCUT2D eigenvalue weighted by atomic mass is 9.92. The highest BCUT2D eigenvalue weighted by molar-refractivity contribution is 6.13. The summed E-state index contributed by atoms with van der Waals surface area (Å²) >= 11 is 0. The van der Waals surface area contributed by atoms with E-state index in [4.69, 9.17) is 0 Å². The molecular weight excluding hydrogens is 280 g/mol. The maximum atomic E-state index is 11.6. The highest BCUT2D eigenvalue weighted by Crippen LogP contribution is 2.31. The minimum absolute atomic E-state index is 0.217. The molecule has 0 radical (unpaired) electrons. The van der Waals surface area contributed by atoms with Crippen LogP contribution in [0.4, 0.5) is 0 Å². The summed E-state index contributed by atoms with van der Waals surface area (Å²) in [5, 5.41) is 21.5. The first-order chi connectivity index (χ1) is 10.4. The third-order valence-electron chi connectivity index (χ3n) is 4.10. The van der Waals surface area contributed by atoms with Gasteiger partial charge in [0.15, 0.2) is 0 Å². The molecule has 0 saturated heterocycles. The summed E-state index contributed by atoms with van der Waals surface area (Å²) < 4.78 is 0. The van der Waals surface area contributed by atoms with Gasteiger partial charge in [0, 0.05) is 0 Å². The van der Waals surface area contributed by atoms with Crippen molar-refractivity contribution in [3.8, 4) is 0 Å². The Hall–Kier alpha value is -2.88. The predicted molar refractivity (Wildman–Crippen MR) is 84.8 cm³/mol. The van der Waals surface area contributed by atoms with E-state index in [9.17, 15) is 19.8 Å². The van der Waals surface area contributed by atoms with E-state index in [1.807, 2.05) is 13.0 Å². The zero-order chi connectivity index (χ0) is 16.0. The Labute approximate surface area is 126 Å². The molecule has 0 unspecified atom stereocenters. The van der Waals surface area contributed by atoms with Crippen LogP contribution < -0.4 is 0 Å². The molecule has 0 fully saturated rings. The van der Waals surface area contributed by atoms with Crippen LogP contribution in [0.25, 0.3) is 21.5 Å². The van der Waals surface area contributed by atoms with Crippen LogP contribution in [-0.2, 0) is 0 Å². The first-order valence-electron chi connectivity index (χ1n) is 6.83. The van der Waals surface area contributed by atoms with Crippen molar-refractivity contribution in [3.05, 3.63) is 58.7 Å². The summed E-state index contributed by atoms with van der Waals surface area (Å²) in [6.45, 7) is 3.64. The molecule has 0 atom stereocenters. The van der Waals surface area contributed by atoms with Gasteiger partial charge in [0.25, 0.3) is 0 Å². The maximum absolute atomic E-state index is 11.6. The molecule has 3 rings (SSSR count). The molecule has 4 heteroatoms. The highest BCUT2D eigenvalue weighted by Gasteiger charge is 2.16. The fourth-order valence-electron chi connectivity index (χ4n) is 2.88. The number of aromatic carboxylic acids is 2. The van der Waals surface area contributed by atoms with E-state index in [1.165, 1.54) is 0 Å². The maximum Gasteiger partial charge on any atom is 0.336 e. The van der Waals surface area contributed by atoms with Crippen molar-refractivity contribution in [2.45, 2.75) is 13.8 Å². The van der Waals surface area contributed by atoms with Crippen molar-refractivity contribution in [3.63, 3.8) is 0 Å². The number of aryl methyl sites for hydroxylation is 1. The summed E-state index contributed by atoms with van der Waals surface area (Å²) in [5.74, 6) is -1.97. The molecule has 0 saturated carbocycles. The monoisotopic (exact) mass is 294 g/mol. The largest absolute Gasteiger partial charge is 0.478 e. The lowest BCUT2D eigenvalue weighted by Gasteiger charge is -2.12. The van der Waals surface area contributed by atoms with Gasteiger partial charge in [0.2, 0.25) is 0 Å². The third kappa shape index (κ3) is 2.00. The van der Waals surface area contributed by atoms with E-state index in [2.05, 4.69) is 0 Å². The van der Waals surface area contributed by atoms with Gasteiger partial charge in [-0.15, -0.1) is 0 Å². The van der Waals surface area contributed by atoms with Crippen molar-refractivity contribution < 1.29 is 19.8 Å². The van der Waals surface area contributed by atoms with Gasteiger partial charge in [-0.3, -0.25) is 0 Å². The lowest BCUT2D eigenvalue weighted by Crippen LogP contribution is -2.03. The second-order valence-electron chi connectivity index (χ2n) is 5.40. The number of hydrogen-bond acceptors (Lipinski definition) is 2. The van der Waals surface area contributed by atoms with Gasteiger partial charge in [0.1, 0.15) is 0 Å². The quantitative estimate of drug-likeness (QED) is 0.700. The molecule has 0 heterocycles. The summed E-state index contributed by atoms with van der Waals surface area (Å²) in [6, 6.07) is 10.4. The van der Waals surface area contributed by atoms with Gasteiger partial charge in [0.05, 0.1) is 11.1 Å². The van der Waals surface area contributed by atoms with E-state index in [0.717, 1.165) is 21.9 Å². The van der Waals surface area contributed by atoms with Crippen molar-refractivity contribution in [2.75, 3.05) is 0 Å². The Morgan fingerprint density at radius 1 is 0.864 bits per heavy atom. The topological polar surface area (TPSA) is 74.6 Å². The van der Waals surface area contributed by atoms with Gasteiger partial charge < -0.3 is 10.2 Å². The average molecular weight is 294 g/mol. The van der Waals surface area contributed by atoms with E-state index >= 15 is 0 Å². The van der Waals surface area contributed by atoms with Crippen LogP contribution >= 0.6 is 0 Å². The number of rotatable bonds is 2. The van der Waals surface area contributed by atoms with Gasteiger partial charge >= 0.3 is 11.9 Å².